The molecular formula is C23H16O3. The van der Waals surface area contributed by atoms with Crippen LogP contribution in [-0.2, 0) is 0 Å². The van der Waals surface area contributed by atoms with Crippen molar-refractivity contribution in [2.75, 3.05) is 0 Å². The van der Waals surface area contributed by atoms with Crippen molar-refractivity contribution in [2.45, 2.75) is 6.92 Å². The van der Waals surface area contributed by atoms with Crippen LogP contribution in [0.3, 0.4) is 0 Å². The Balaban J connectivity index is 1.68. The molecule has 0 amide bonds. The summed E-state index contributed by atoms with van der Waals surface area (Å²) in [6.45, 7) is 2.03. The van der Waals surface area contributed by atoms with Crippen LogP contribution in [0.1, 0.15) is 43.0 Å². The Morgan fingerprint density at radius 1 is 0.731 bits per heavy atom. The maximum absolute atomic E-state index is 12.9. The zero-order chi connectivity index (χ0) is 18.1. The molecule has 1 aliphatic rings. The van der Waals surface area contributed by atoms with Crippen molar-refractivity contribution < 1.29 is 14.3 Å². The van der Waals surface area contributed by atoms with E-state index in [4.69, 9.17) is 4.74 Å². The van der Waals surface area contributed by atoms with Gasteiger partial charge in [0.15, 0.2) is 11.6 Å². The van der Waals surface area contributed by atoms with Crippen LogP contribution in [0.4, 0.5) is 0 Å². The Morgan fingerprint density at radius 2 is 1.38 bits per heavy atom. The van der Waals surface area contributed by atoms with Crippen molar-refractivity contribution in [2.24, 2.45) is 0 Å². The smallest absolute Gasteiger partial charge is 0.198 e. The van der Waals surface area contributed by atoms with Gasteiger partial charge in [-0.15, -0.1) is 0 Å². The molecule has 1 aliphatic carbocycles. The minimum absolute atomic E-state index is 0.150. The number of ether oxygens (including phenoxy) is 1. The highest BCUT2D eigenvalue weighted by atomic mass is 16.5. The fourth-order valence-electron chi connectivity index (χ4n) is 3.08. The lowest BCUT2D eigenvalue weighted by atomic mass is 9.84. The number of fused-ring (bicyclic) bond motifs is 2. The summed E-state index contributed by atoms with van der Waals surface area (Å²) in [5, 5.41) is 0. The number of benzene rings is 3. The fourth-order valence-corrected chi connectivity index (χ4v) is 3.08. The molecule has 4 rings (SSSR count). The third-order valence-electron chi connectivity index (χ3n) is 4.45. The Labute approximate surface area is 151 Å². The van der Waals surface area contributed by atoms with E-state index in [1.54, 1.807) is 48.7 Å². The zero-order valence-corrected chi connectivity index (χ0v) is 14.2. The summed E-state index contributed by atoms with van der Waals surface area (Å²) in [5.41, 5.74) is 3.75. The predicted molar refractivity (Wildman–Crippen MR) is 101 cm³/mol. The summed E-state index contributed by atoms with van der Waals surface area (Å²) >= 11 is 0. The van der Waals surface area contributed by atoms with E-state index in [0.29, 0.717) is 28.0 Å². The van der Waals surface area contributed by atoms with Crippen LogP contribution in [0.2, 0.25) is 0 Å². The minimum atomic E-state index is -0.186. The van der Waals surface area contributed by atoms with Crippen molar-refractivity contribution in [1.82, 2.24) is 0 Å². The molecule has 0 N–H and O–H groups in total. The second kappa shape index (κ2) is 6.45. The van der Waals surface area contributed by atoms with E-state index in [0.717, 1.165) is 5.56 Å². The minimum Gasteiger partial charge on any atom is -0.464 e. The molecule has 0 radical (unpaired) electrons. The highest BCUT2D eigenvalue weighted by Crippen LogP contribution is 2.33. The molecule has 3 nitrogen and oxygen atoms in total. The molecule has 126 valence electrons. The molecule has 0 heterocycles. The molecule has 3 aromatic rings. The molecule has 0 saturated carbocycles. The first kappa shape index (κ1) is 16.0. The predicted octanol–water partition coefficient (Wildman–Crippen LogP) is 4.82. The molecule has 0 fully saturated rings. The first-order chi connectivity index (χ1) is 12.6. The van der Waals surface area contributed by atoms with Gasteiger partial charge in [0.25, 0.3) is 0 Å². The number of aryl methyl sites for hydroxylation is 1. The largest absolute Gasteiger partial charge is 0.464 e. The van der Waals surface area contributed by atoms with Gasteiger partial charge in [-0.1, -0.05) is 66.2 Å². The van der Waals surface area contributed by atoms with Crippen LogP contribution >= 0.6 is 0 Å². The molecule has 0 atom stereocenters. The number of carbonyl (C=O) groups is 2. The molecule has 26 heavy (non-hydrogen) atoms. The van der Waals surface area contributed by atoms with Gasteiger partial charge in [-0.25, -0.2) is 0 Å². The van der Waals surface area contributed by atoms with Gasteiger partial charge in [0.1, 0.15) is 5.75 Å². The lowest BCUT2D eigenvalue weighted by Crippen LogP contribution is -2.21. The lowest BCUT2D eigenvalue weighted by molar-refractivity contribution is 0.0977. The van der Waals surface area contributed by atoms with Crippen LogP contribution < -0.4 is 4.74 Å². The summed E-state index contributed by atoms with van der Waals surface area (Å²) in [7, 11) is 0. The Kier molecular flexibility index (Phi) is 3.98. The van der Waals surface area contributed by atoms with Crippen LogP contribution in [0.15, 0.2) is 73.0 Å². The summed E-state index contributed by atoms with van der Waals surface area (Å²) in [5.74, 6) is 0.0522. The maximum Gasteiger partial charge on any atom is 0.198 e. The summed E-state index contributed by atoms with van der Waals surface area (Å²) in [6.07, 6.45) is 3.36. The van der Waals surface area contributed by atoms with E-state index in [-0.39, 0.29) is 11.6 Å². The SMILES string of the molecule is Cc1ccc(C=COc2cccc3c2C(=O)c2ccccc2C3=O)cc1. The second-order valence-corrected chi connectivity index (χ2v) is 6.21. The van der Waals surface area contributed by atoms with Gasteiger partial charge in [-0.05, 0) is 24.6 Å². The standard InChI is InChI=1S/C23H16O3/c1-15-9-11-16(12-10-15)13-14-26-20-8-4-7-19-21(20)23(25)18-6-3-2-5-17(18)22(19)24/h2-14H,1H3. The van der Waals surface area contributed by atoms with E-state index in [2.05, 4.69) is 0 Å². The van der Waals surface area contributed by atoms with Crippen molar-refractivity contribution in [3.63, 3.8) is 0 Å². The molecule has 0 spiro atoms. The number of carbonyl (C=O) groups excluding carboxylic acids is 2. The van der Waals surface area contributed by atoms with E-state index >= 15 is 0 Å². The summed E-state index contributed by atoms with van der Waals surface area (Å²) in [6, 6.07) is 20.0. The normalized spacial score (nSPS) is 12.8. The lowest BCUT2D eigenvalue weighted by Gasteiger charge is -2.19. The van der Waals surface area contributed by atoms with Gasteiger partial charge < -0.3 is 4.74 Å². The van der Waals surface area contributed by atoms with Gasteiger partial charge >= 0.3 is 0 Å². The number of rotatable bonds is 3. The fraction of sp³-hybridized carbons (Fsp3) is 0.0435. The van der Waals surface area contributed by atoms with E-state index < -0.39 is 0 Å². The van der Waals surface area contributed by atoms with Gasteiger partial charge in [-0.2, -0.15) is 0 Å². The van der Waals surface area contributed by atoms with Gasteiger partial charge in [-0.3, -0.25) is 9.59 Å². The maximum atomic E-state index is 12.9. The zero-order valence-electron chi connectivity index (χ0n) is 14.2. The molecule has 3 heteroatoms. The van der Waals surface area contributed by atoms with Gasteiger partial charge in [0, 0.05) is 16.7 Å². The third-order valence-corrected chi connectivity index (χ3v) is 4.45. The van der Waals surface area contributed by atoms with E-state index in [9.17, 15) is 9.59 Å². The third kappa shape index (κ3) is 2.74. The van der Waals surface area contributed by atoms with Crippen molar-refractivity contribution in [3.05, 3.63) is 106 Å². The molecule has 3 aromatic carbocycles. The topological polar surface area (TPSA) is 43.4 Å². The first-order valence-corrected chi connectivity index (χ1v) is 8.36. The quantitative estimate of drug-likeness (QED) is 0.502. The van der Waals surface area contributed by atoms with Crippen LogP contribution in [0, 0.1) is 6.92 Å². The number of ketones is 2. The average Bonchev–Trinajstić information content (AvgIpc) is 2.67. The Morgan fingerprint density at radius 3 is 2.12 bits per heavy atom. The van der Waals surface area contributed by atoms with E-state index in [1.165, 1.54) is 5.56 Å². The summed E-state index contributed by atoms with van der Waals surface area (Å²) in [4.78, 5) is 25.6. The summed E-state index contributed by atoms with van der Waals surface area (Å²) < 4.78 is 5.72. The van der Waals surface area contributed by atoms with Crippen molar-refractivity contribution in [1.29, 1.82) is 0 Å². The van der Waals surface area contributed by atoms with E-state index in [1.807, 2.05) is 37.3 Å². The molecular weight excluding hydrogens is 324 g/mol. The molecule has 0 bridgehead atoms. The van der Waals surface area contributed by atoms with Crippen LogP contribution in [0.25, 0.3) is 6.08 Å². The van der Waals surface area contributed by atoms with Gasteiger partial charge in [0.05, 0.1) is 11.8 Å². The highest BCUT2D eigenvalue weighted by molar-refractivity contribution is 6.29. The van der Waals surface area contributed by atoms with Gasteiger partial charge in [0.2, 0.25) is 0 Å². The van der Waals surface area contributed by atoms with Crippen molar-refractivity contribution in [3.8, 4) is 5.75 Å². The average molecular weight is 340 g/mol. The molecule has 0 aromatic heterocycles. The number of hydrogen-bond donors (Lipinski definition) is 0. The molecule has 0 unspecified atom stereocenters. The molecule has 0 saturated heterocycles. The number of hydrogen-bond acceptors (Lipinski definition) is 3. The molecule has 0 aliphatic heterocycles. The Hall–Kier alpha value is -3.46. The Bertz CT molecular complexity index is 1040. The van der Waals surface area contributed by atoms with Crippen LogP contribution in [0.5, 0.6) is 5.75 Å². The highest BCUT2D eigenvalue weighted by Gasteiger charge is 2.31. The first-order valence-electron chi connectivity index (χ1n) is 8.36. The monoisotopic (exact) mass is 340 g/mol. The van der Waals surface area contributed by atoms with Crippen LogP contribution in [-0.4, -0.2) is 11.6 Å². The van der Waals surface area contributed by atoms with Crippen molar-refractivity contribution >= 4 is 17.6 Å². The second-order valence-electron chi connectivity index (χ2n) is 6.21.